The normalized spacial score (nSPS) is 14.2. The van der Waals surface area contributed by atoms with Gasteiger partial charge >= 0.3 is 0 Å². The van der Waals surface area contributed by atoms with Crippen LogP contribution in [0.2, 0.25) is 0 Å². The van der Waals surface area contributed by atoms with Crippen LogP contribution in [0.15, 0.2) is 29.5 Å². The molecule has 1 aliphatic carbocycles. The quantitative estimate of drug-likeness (QED) is 0.653. The third-order valence-corrected chi connectivity index (χ3v) is 3.32. The number of carbonyl (C=O) groups excluding carboxylic acids is 1. The Kier molecular flexibility index (Phi) is 3.54. The first kappa shape index (κ1) is 12.5. The molecule has 2 N–H and O–H groups in total. The van der Waals surface area contributed by atoms with Gasteiger partial charge in [0.25, 0.3) is 5.91 Å². The lowest BCUT2D eigenvalue weighted by molar-refractivity contribution is 0.0949. The van der Waals surface area contributed by atoms with Gasteiger partial charge in [-0.1, -0.05) is 6.07 Å². The number of pyridine rings is 1. The molecule has 6 heteroatoms. The maximum absolute atomic E-state index is 12.0. The highest BCUT2D eigenvalue weighted by Gasteiger charge is 2.21. The van der Waals surface area contributed by atoms with Crippen molar-refractivity contribution in [3.05, 3.63) is 47.0 Å². The van der Waals surface area contributed by atoms with Crippen LogP contribution in [-0.2, 0) is 12.8 Å². The molecule has 0 atom stereocenters. The topological polar surface area (TPSA) is 83.0 Å². The van der Waals surface area contributed by atoms with Crippen LogP contribution in [0.4, 0.5) is 0 Å². The monoisotopic (exact) mass is 269 g/mol. The molecule has 1 aliphatic rings. The number of fused-ring (bicyclic) bond motifs is 1. The third kappa shape index (κ3) is 2.59. The van der Waals surface area contributed by atoms with E-state index in [2.05, 4.69) is 25.7 Å². The summed E-state index contributed by atoms with van der Waals surface area (Å²) in [6.07, 6.45) is 7.30. The molecule has 2 aromatic rings. The first-order chi connectivity index (χ1) is 9.84. The van der Waals surface area contributed by atoms with Gasteiger partial charge in [0.2, 0.25) is 0 Å². The van der Waals surface area contributed by atoms with E-state index in [4.69, 9.17) is 0 Å². The maximum Gasteiger partial charge on any atom is 0.292 e. The molecule has 0 spiro atoms. The lowest BCUT2D eigenvalue weighted by Gasteiger charge is -2.10. The standard InChI is InChI=1S/C14H15N5O/c20-14(19-16-9-10-5-3-4-8-15-10)13-11-6-1-2-7-12(11)17-18-13/h3-5,8-9H,1-2,6-7H2,(H,17,18)(H,19,20)/b16-9-. The molecule has 20 heavy (non-hydrogen) atoms. The predicted molar refractivity (Wildman–Crippen MR) is 74.5 cm³/mol. The van der Waals surface area contributed by atoms with Gasteiger partial charge in [-0.3, -0.25) is 14.9 Å². The third-order valence-electron chi connectivity index (χ3n) is 3.32. The number of aromatic amines is 1. The van der Waals surface area contributed by atoms with Gasteiger partial charge in [0, 0.05) is 17.5 Å². The van der Waals surface area contributed by atoms with Crippen LogP contribution in [0.5, 0.6) is 0 Å². The van der Waals surface area contributed by atoms with Crippen molar-refractivity contribution in [2.75, 3.05) is 0 Å². The highest BCUT2D eigenvalue weighted by Crippen LogP contribution is 2.21. The average molecular weight is 269 g/mol. The molecule has 3 rings (SSSR count). The van der Waals surface area contributed by atoms with E-state index in [1.165, 1.54) is 6.21 Å². The summed E-state index contributed by atoms with van der Waals surface area (Å²) in [5.74, 6) is -0.281. The second kappa shape index (κ2) is 5.64. The number of nitrogens with zero attached hydrogens (tertiary/aromatic N) is 3. The Morgan fingerprint density at radius 3 is 3.10 bits per heavy atom. The Labute approximate surface area is 116 Å². The van der Waals surface area contributed by atoms with Gasteiger partial charge in [-0.25, -0.2) is 5.43 Å². The number of hydrazone groups is 1. The maximum atomic E-state index is 12.0. The number of carbonyl (C=O) groups is 1. The molecule has 1 amide bonds. The molecule has 0 saturated carbocycles. The summed E-state index contributed by atoms with van der Waals surface area (Å²) in [7, 11) is 0. The van der Waals surface area contributed by atoms with Gasteiger partial charge < -0.3 is 0 Å². The van der Waals surface area contributed by atoms with Crippen LogP contribution >= 0.6 is 0 Å². The van der Waals surface area contributed by atoms with E-state index in [1.807, 2.05) is 18.2 Å². The fourth-order valence-electron chi connectivity index (χ4n) is 2.33. The zero-order chi connectivity index (χ0) is 13.8. The minimum Gasteiger partial charge on any atom is -0.281 e. The Bertz CT molecular complexity index is 632. The van der Waals surface area contributed by atoms with Crippen molar-refractivity contribution in [1.29, 1.82) is 0 Å². The van der Waals surface area contributed by atoms with Crippen LogP contribution in [0.25, 0.3) is 0 Å². The van der Waals surface area contributed by atoms with Gasteiger partial charge in [0.15, 0.2) is 5.69 Å². The van der Waals surface area contributed by atoms with Crippen molar-refractivity contribution in [2.24, 2.45) is 5.10 Å². The first-order valence-electron chi connectivity index (χ1n) is 6.65. The fourth-order valence-corrected chi connectivity index (χ4v) is 2.33. The van der Waals surface area contributed by atoms with Crippen molar-refractivity contribution in [3.63, 3.8) is 0 Å². The second-order valence-electron chi connectivity index (χ2n) is 4.69. The largest absolute Gasteiger partial charge is 0.292 e. The van der Waals surface area contributed by atoms with Gasteiger partial charge in [-0.05, 0) is 37.8 Å². The summed E-state index contributed by atoms with van der Waals surface area (Å²) in [6.45, 7) is 0. The molecular formula is C14H15N5O. The molecule has 0 bridgehead atoms. The number of H-pyrrole nitrogens is 1. The first-order valence-corrected chi connectivity index (χ1v) is 6.65. The summed E-state index contributed by atoms with van der Waals surface area (Å²) in [6, 6.07) is 5.50. The predicted octanol–water partition coefficient (Wildman–Crippen LogP) is 1.45. The Balaban J connectivity index is 1.68. The van der Waals surface area contributed by atoms with Crippen molar-refractivity contribution in [2.45, 2.75) is 25.7 Å². The van der Waals surface area contributed by atoms with Gasteiger partial charge in [-0.2, -0.15) is 10.2 Å². The van der Waals surface area contributed by atoms with Crippen molar-refractivity contribution in [1.82, 2.24) is 20.6 Å². The molecule has 6 nitrogen and oxygen atoms in total. The zero-order valence-electron chi connectivity index (χ0n) is 11.0. The van der Waals surface area contributed by atoms with Crippen molar-refractivity contribution in [3.8, 4) is 0 Å². The average Bonchev–Trinajstić information content (AvgIpc) is 2.92. The number of nitrogens with one attached hydrogen (secondary N) is 2. The fraction of sp³-hybridized carbons (Fsp3) is 0.286. The SMILES string of the molecule is O=C(N/N=C\c1ccccn1)c1n[nH]c2c1CCCC2. The summed E-state index contributed by atoms with van der Waals surface area (Å²) < 4.78 is 0. The van der Waals surface area contributed by atoms with Crippen LogP contribution < -0.4 is 5.43 Å². The van der Waals surface area contributed by atoms with E-state index in [0.717, 1.165) is 36.9 Å². The van der Waals surface area contributed by atoms with Crippen LogP contribution in [0, 0.1) is 0 Å². The molecule has 0 aliphatic heterocycles. The lowest BCUT2D eigenvalue weighted by atomic mass is 9.96. The van der Waals surface area contributed by atoms with E-state index in [9.17, 15) is 4.79 Å². The molecule has 2 aromatic heterocycles. The lowest BCUT2D eigenvalue weighted by Crippen LogP contribution is -2.20. The van der Waals surface area contributed by atoms with Gasteiger partial charge in [0.1, 0.15) is 0 Å². The molecule has 0 radical (unpaired) electrons. The number of amides is 1. The number of hydrogen-bond acceptors (Lipinski definition) is 4. The molecule has 0 saturated heterocycles. The summed E-state index contributed by atoms with van der Waals surface area (Å²) in [4.78, 5) is 16.1. The highest BCUT2D eigenvalue weighted by molar-refractivity contribution is 5.94. The van der Waals surface area contributed by atoms with E-state index in [-0.39, 0.29) is 5.91 Å². The van der Waals surface area contributed by atoms with Crippen molar-refractivity contribution >= 4 is 12.1 Å². The van der Waals surface area contributed by atoms with Crippen molar-refractivity contribution < 1.29 is 4.79 Å². The van der Waals surface area contributed by atoms with Gasteiger partial charge in [0.05, 0.1) is 11.9 Å². The zero-order valence-corrected chi connectivity index (χ0v) is 11.0. The number of aromatic nitrogens is 3. The Morgan fingerprint density at radius 2 is 2.25 bits per heavy atom. The van der Waals surface area contributed by atoms with E-state index < -0.39 is 0 Å². The van der Waals surface area contributed by atoms with Crippen LogP contribution in [0.3, 0.4) is 0 Å². The smallest absolute Gasteiger partial charge is 0.281 e. The molecule has 2 heterocycles. The second-order valence-corrected chi connectivity index (χ2v) is 4.69. The number of aryl methyl sites for hydroxylation is 1. The number of hydrogen-bond donors (Lipinski definition) is 2. The highest BCUT2D eigenvalue weighted by atomic mass is 16.2. The molecule has 0 aromatic carbocycles. The van der Waals surface area contributed by atoms with E-state index in [0.29, 0.717) is 11.4 Å². The molecule has 0 fully saturated rings. The summed E-state index contributed by atoms with van der Waals surface area (Å²) in [5.41, 5.74) is 5.75. The molecule has 102 valence electrons. The summed E-state index contributed by atoms with van der Waals surface area (Å²) in [5, 5.41) is 10.9. The minimum absolute atomic E-state index is 0.281. The minimum atomic E-state index is -0.281. The number of rotatable bonds is 3. The molecular weight excluding hydrogens is 254 g/mol. The van der Waals surface area contributed by atoms with Gasteiger partial charge in [-0.15, -0.1) is 0 Å². The van der Waals surface area contributed by atoms with Crippen LogP contribution in [-0.4, -0.2) is 27.3 Å². The van der Waals surface area contributed by atoms with E-state index in [1.54, 1.807) is 6.20 Å². The molecule has 0 unspecified atom stereocenters. The van der Waals surface area contributed by atoms with E-state index >= 15 is 0 Å². The Morgan fingerprint density at radius 1 is 1.35 bits per heavy atom. The van der Waals surface area contributed by atoms with Crippen LogP contribution in [0.1, 0.15) is 40.3 Å². The Hall–Kier alpha value is -2.50. The summed E-state index contributed by atoms with van der Waals surface area (Å²) >= 11 is 0.